The van der Waals surface area contributed by atoms with Crippen molar-refractivity contribution >= 4 is 29.5 Å². The summed E-state index contributed by atoms with van der Waals surface area (Å²) in [6, 6.07) is 12.5. The first-order chi connectivity index (χ1) is 16.2. The minimum Gasteiger partial charge on any atom is -0.465 e. The van der Waals surface area contributed by atoms with Gasteiger partial charge in [-0.05, 0) is 62.4 Å². The number of hydrogen-bond acceptors (Lipinski definition) is 8. The van der Waals surface area contributed by atoms with Crippen molar-refractivity contribution < 1.29 is 33.4 Å². The van der Waals surface area contributed by atoms with E-state index < -0.39 is 30.4 Å². The number of aryl methyl sites for hydroxylation is 2. The van der Waals surface area contributed by atoms with Crippen LogP contribution in [0.5, 0.6) is 0 Å². The van der Waals surface area contributed by atoms with Gasteiger partial charge in [0.1, 0.15) is 0 Å². The molecule has 1 amide bonds. The molecule has 10 heteroatoms. The molecule has 0 aliphatic heterocycles. The number of ether oxygens (including phenoxy) is 3. The average molecular weight is 465 g/mol. The van der Waals surface area contributed by atoms with Gasteiger partial charge in [-0.1, -0.05) is 0 Å². The van der Waals surface area contributed by atoms with Crippen molar-refractivity contribution in [2.24, 2.45) is 0 Å². The molecule has 0 aliphatic rings. The third-order valence-corrected chi connectivity index (χ3v) is 4.75. The monoisotopic (exact) mass is 465 g/mol. The number of hydrogen-bond donors (Lipinski definition) is 1. The highest BCUT2D eigenvalue weighted by Crippen LogP contribution is 2.18. The van der Waals surface area contributed by atoms with E-state index in [9.17, 15) is 19.2 Å². The van der Waals surface area contributed by atoms with Gasteiger partial charge < -0.3 is 19.5 Å². The Hall–Kier alpha value is -4.47. The summed E-state index contributed by atoms with van der Waals surface area (Å²) >= 11 is 0. The van der Waals surface area contributed by atoms with Gasteiger partial charge in [-0.25, -0.2) is 19.1 Å². The van der Waals surface area contributed by atoms with Crippen molar-refractivity contribution in [3.63, 3.8) is 0 Å². The van der Waals surface area contributed by atoms with Gasteiger partial charge in [-0.15, -0.1) is 0 Å². The van der Waals surface area contributed by atoms with E-state index in [1.54, 1.807) is 28.9 Å². The van der Waals surface area contributed by atoms with Crippen LogP contribution >= 0.6 is 0 Å². The van der Waals surface area contributed by atoms with Crippen molar-refractivity contribution in [1.29, 1.82) is 0 Å². The topological polar surface area (TPSA) is 126 Å². The molecule has 34 heavy (non-hydrogen) atoms. The molecular formula is C24H23N3O7. The predicted octanol–water partition coefficient (Wildman–Crippen LogP) is 2.86. The third kappa shape index (κ3) is 5.66. The quantitative estimate of drug-likeness (QED) is 0.417. The van der Waals surface area contributed by atoms with Crippen molar-refractivity contribution in [1.82, 2.24) is 9.78 Å². The Morgan fingerprint density at radius 3 is 1.91 bits per heavy atom. The predicted molar refractivity (Wildman–Crippen MR) is 121 cm³/mol. The van der Waals surface area contributed by atoms with Crippen LogP contribution in [-0.4, -0.2) is 54.4 Å². The Kier molecular flexibility index (Phi) is 7.42. The fourth-order valence-electron chi connectivity index (χ4n) is 3.21. The molecule has 3 aromatic rings. The molecule has 2 aromatic carbocycles. The van der Waals surface area contributed by atoms with Gasteiger partial charge in [0.25, 0.3) is 5.91 Å². The summed E-state index contributed by atoms with van der Waals surface area (Å²) in [5.74, 6) is -2.74. The Morgan fingerprint density at radius 2 is 1.41 bits per heavy atom. The largest absolute Gasteiger partial charge is 0.465 e. The lowest BCUT2D eigenvalue weighted by atomic mass is 10.1. The number of nitrogens with zero attached hydrogens (tertiary/aromatic N) is 2. The van der Waals surface area contributed by atoms with E-state index in [0.717, 1.165) is 17.1 Å². The van der Waals surface area contributed by atoms with Crippen LogP contribution in [0.4, 0.5) is 5.69 Å². The number of esters is 3. The summed E-state index contributed by atoms with van der Waals surface area (Å²) in [6.07, 6.45) is 0. The minimum absolute atomic E-state index is 0.0420. The summed E-state index contributed by atoms with van der Waals surface area (Å²) in [4.78, 5) is 48.4. The van der Waals surface area contributed by atoms with Crippen LogP contribution < -0.4 is 5.32 Å². The number of anilines is 1. The van der Waals surface area contributed by atoms with Crippen molar-refractivity contribution in [2.75, 3.05) is 26.1 Å². The van der Waals surface area contributed by atoms with E-state index >= 15 is 0 Å². The molecule has 0 spiro atoms. The standard InChI is InChI=1S/C24H23N3O7/c1-14-9-15(2)27(26-14)20-7-5-16(6-8-20)24(31)34-13-21(28)25-19-11-17(22(29)32-3)10-18(12-19)23(30)33-4/h5-12H,13H2,1-4H3,(H,25,28). The zero-order chi connectivity index (χ0) is 24.8. The maximum atomic E-state index is 12.3. The van der Waals surface area contributed by atoms with Gasteiger partial charge in [0.05, 0.1) is 42.3 Å². The SMILES string of the molecule is COC(=O)c1cc(NC(=O)COC(=O)c2ccc(-n3nc(C)cc3C)cc2)cc(C(=O)OC)c1. The van der Waals surface area contributed by atoms with E-state index in [4.69, 9.17) is 4.74 Å². The van der Waals surface area contributed by atoms with Crippen LogP contribution in [0.1, 0.15) is 42.5 Å². The molecule has 0 unspecified atom stereocenters. The van der Waals surface area contributed by atoms with Crippen molar-refractivity contribution in [2.45, 2.75) is 13.8 Å². The molecule has 0 saturated carbocycles. The van der Waals surface area contributed by atoms with E-state index in [0.29, 0.717) is 0 Å². The third-order valence-electron chi connectivity index (χ3n) is 4.75. The molecule has 0 radical (unpaired) electrons. The molecule has 0 bridgehead atoms. The number of carbonyl (C=O) groups excluding carboxylic acids is 4. The van der Waals surface area contributed by atoms with Crippen LogP contribution in [0.25, 0.3) is 5.69 Å². The molecule has 3 rings (SSSR count). The van der Waals surface area contributed by atoms with Gasteiger partial charge in [0.2, 0.25) is 0 Å². The first-order valence-electron chi connectivity index (χ1n) is 10.1. The van der Waals surface area contributed by atoms with E-state index in [1.807, 2.05) is 19.9 Å². The first kappa shape index (κ1) is 24.2. The maximum Gasteiger partial charge on any atom is 0.338 e. The van der Waals surface area contributed by atoms with E-state index in [-0.39, 0.29) is 22.4 Å². The molecular weight excluding hydrogens is 442 g/mol. The smallest absolute Gasteiger partial charge is 0.338 e. The van der Waals surface area contributed by atoms with Crippen molar-refractivity contribution in [3.05, 3.63) is 76.6 Å². The average Bonchev–Trinajstić information content (AvgIpc) is 3.18. The molecule has 10 nitrogen and oxygen atoms in total. The fourth-order valence-corrected chi connectivity index (χ4v) is 3.21. The van der Waals surface area contributed by atoms with Gasteiger partial charge in [0, 0.05) is 11.4 Å². The van der Waals surface area contributed by atoms with E-state index in [2.05, 4.69) is 19.9 Å². The molecule has 0 fully saturated rings. The molecule has 1 N–H and O–H groups in total. The van der Waals surface area contributed by atoms with Crippen LogP contribution in [0, 0.1) is 13.8 Å². The molecule has 1 aromatic heterocycles. The summed E-state index contributed by atoms with van der Waals surface area (Å²) in [5.41, 5.74) is 3.10. The lowest BCUT2D eigenvalue weighted by molar-refractivity contribution is -0.119. The van der Waals surface area contributed by atoms with E-state index in [1.165, 1.54) is 32.4 Å². The lowest BCUT2D eigenvalue weighted by Gasteiger charge is -2.10. The Balaban J connectivity index is 1.64. The number of rotatable bonds is 7. The van der Waals surface area contributed by atoms with Gasteiger partial charge in [0.15, 0.2) is 6.61 Å². The second-order valence-electron chi connectivity index (χ2n) is 7.29. The Bertz CT molecular complexity index is 1210. The number of amides is 1. The summed E-state index contributed by atoms with van der Waals surface area (Å²) in [7, 11) is 2.38. The maximum absolute atomic E-state index is 12.3. The van der Waals surface area contributed by atoms with Crippen LogP contribution in [0.3, 0.4) is 0 Å². The van der Waals surface area contributed by atoms with Crippen LogP contribution in [0.15, 0.2) is 48.5 Å². The van der Waals surface area contributed by atoms with Crippen LogP contribution in [-0.2, 0) is 19.0 Å². The lowest BCUT2D eigenvalue weighted by Crippen LogP contribution is -2.21. The molecule has 0 aliphatic carbocycles. The van der Waals surface area contributed by atoms with Gasteiger partial charge >= 0.3 is 17.9 Å². The number of benzene rings is 2. The number of methoxy groups -OCH3 is 2. The molecule has 1 heterocycles. The highest BCUT2D eigenvalue weighted by molar-refractivity contribution is 6.00. The second kappa shape index (κ2) is 10.4. The summed E-state index contributed by atoms with van der Waals surface area (Å²) < 4.78 is 16.1. The zero-order valence-electron chi connectivity index (χ0n) is 19.1. The molecule has 176 valence electrons. The highest BCUT2D eigenvalue weighted by Gasteiger charge is 2.16. The Labute approximate surface area is 195 Å². The van der Waals surface area contributed by atoms with Crippen LogP contribution in [0.2, 0.25) is 0 Å². The molecule has 0 atom stereocenters. The number of aromatic nitrogens is 2. The zero-order valence-corrected chi connectivity index (χ0v) is 19.1. The normalized spacial score (nSPS) is 10.4. The fraction of sp³-hybridized carbons (Fsp3) is 0.208. The number of nitrogens with one attached hydrogen (secondary N) is 1. The first-order valence-corrected chi connectivity index (χ1v) is 10.1. The highest BCUT2D eigenvalue weighted by atomic mass is 16.5. The Morgan fingerprint density at radius 1 is 0.824 bits per heavy atom. The number of carbonyl (C=O) groups is 4. The van der Waals surface area contributed by atoms with Gasteiger partial charge in [-0.2, -0.15) is 5.10 Å². The van der Waals surface area contributed by atoms with Crippen molar-refractivity contribution in [3.8, 4) is 5.69 Å². The summed E-state index contributed by atoms with van der Waals surface area (Å²) in [6.45, 7) is 3.24. The molecule has 0 saturated heterocycles. The summed E-state index contributed by atoms with van der Waals surface area (Å²) in [5, 5.41) is 6.87. The minimum atomic E-state index is -0.698. The van der Waals surface area contributed by atoms with Gasteiger partial charge in [-0.3, -0.25) is 4.79 Å². The second-order valence-corrected chi connectivity index (χ2v) is 7.29.